The third-order valence-corrected chi connectivity index (χ3v) is 2.68. The fourth-order valence-corrected chi connectivity index (χ4v) is 1.89. The standard InChI is InChI=1S/C11H12BrNO2/c1-7-5-8(6-14-7)11(13-2)9-3-4-10(12)15-9/h3-6,11,13H,1-2H3. The average Bonchev–Trinajstić information content (AvgIpc) is 2.78. The van der Waals surface area contributed by atoms with Crippen LogP contribution in [0, 0.1) is 6.92 Å². The maximum absolute atomic E-state index is 5.51. The van der Waals surface area contributed by atoms with Crippen LogP contribution in [-0.2, 0) is 0 Å². The van der Waals surface area contributed by atoms with Gasteiger partial charge < -0.3 is 14.2 Å². The van der Waals surface area contributed by atoms with Gasteiger partial charge in [-0.1, -0.05) is 0 Å². The summed E-state index contributed by atoms with van der Waals surface area (Å²) in [7, 11) is 1.89. The van der Waals surface area contributed by atoms with Gasteiger partial charge in [0, 0.05) is 5.56 Å². The molecule has 1 N–H and O–H groups in total. The molecule has 4 heteroatoms. The number of hydrogen-bond donors (Lipinski definition) is 1. The Kier molecular flexibility index (Phi) is 2.98. The highest BCUT2D eigenvalue weighted by Gasteiger charge is 2.17. The number of hydrogen-bond acceptors (Lipinski definition) is 3. The molecule has 0 spiro atoms. The predicted molar refractivity (Wildman–Crippen MR) is 60.8 cm³/mol. The molecule has 0 aliphatic heterocycles. The van der Waals surface area contributed by atoms with Gasteiger partial charge in [-0.2, -0.15) is 0 Å². The smallest absolute Gasteiger partial charge is 0.169 e. The highest BCUT2D eigenvalue weighted by Crippen LogP contribution is 2.26. The molecule has 15 heavy (non-hydrogen) atoms. The van der Waals surface area contributed by atoms with E-state index in [-0.39, 0.29) is 6.04 Å². The molecule has 0 aliphatic rings. The number of rotatable bonds is 3. The Morgan fingerprint density at radius 2 is 2.20 bits per heavy atom. The van der Waals surface area contributed by atoms with Gasteiger partial charge in [-0.25, -0.2) is 0 Å². The molecule has 0 radical (unpaired) electrons. The van der Waals surface area contributed by atoms with E-state index in [0.717, 1.165) is 21.8 Å². The molecule has 3 nitrogen and oxygen atoms in total. The van der Waals surface area contributed by atoms with Crippen LogP contribution in [0.4, 0.5) is 0 Å². The van der Waals surface area contributed by atoms with Crippen LogP contribution in [0.2, 0.25) is 0 Å². The highest BCUT2D eigenvalue weighted by atomic mass is 79.9. The highest BCUT2D eigenvalue weighted by molar-refractivity contribution is 9.10. The van der Waals surface area contributed by atoms with Gasteiger partial charge in [0.25, 0.3) is 0 Å². The first-order chi connectivity index (χ1) is 7.20. The molecule has 0 saturated carbocycles. The summed E-state index contributed by atoms with van der Waals surface area (Å²) < 4.78 is 11.5. The van der Waals surface area contributed by atoms with Gasteiger partial charge in [0.15, 0.2) is 4.67 Å². The van der Waals surface area contributed by atoms with E-state index in [4.69, 9.17) is 8.83 Å². The van der Waals surface area contributed by atoms with E-state index in [0.29, 0.717) is 0 Å². The molecular weight excluding hydrogens is 258 g/mol. The molecule has 0 aliphatic carbocycles. The summed E-state index contributed by atoms with van der Waals surface area (Å²) in [6.45, 7) is 1.92. The summed E-state index contributed by atoms with van der Waals surface area (Å²) in [5, 5.41) is 3.19. The summed E-state index contributed by atoms with van der Waals surface area (Å²) in [5.74, 6) is 1.76. The molecule has 1 unspecified atom stereocenters. The predicted octanol–water partition coefficient (Wildman–Crippen LogP) is 3.25. The van der Waals surface area contributed by atoms with E-state index in [1.54, 1.807) is 6.26 Å². The fourth-order valence-electron chi connectivity index (χ4n) is 1.57. The minimum absolute atomic E-state index is 0.0359. The van der Waals surface area contributed by atoms with Gasteiger partial charge in [0.1, 0.15) is 11.5 Å². The first kappa shape index (κ1) is 10.5. The first-order valence-electron chi connectivity index (χ1n) is 4.68. The topological polar surface area (TPSA) is 38.3 Å². The number of furan rings is 2. The maximum Gasteiger partial charge on any atom is 0.169 e. The normalized spacial score (nSPS) is 13.0. The second-order valence-corrected chi connectivity index (χ2v) is 4.14. The van der Waals surface area contributed by atoms with Crippen molar-refractivity contribution in [2.24, 2.45) is 0 Å². The Hall–Kier alpha value is -1.000. The van der Waals surface area contributed by atoms with Gasteiger partial charge in [0.05, 0.1) is 12.3 Å². The summed E-state index contributed by atoms with van der Waals surface area (Å²) in [5.41, 5.74) is 1.07. The Bertz CT molecular complexity index is 407. The van der Waals surface area contributed by atoms with E-state index in [1.807, 2.05) is 32.2 Å². The van der Waals surface area contributed by atoms with Crippen LogP contribution in [0.1, 0.15) is 23.1 Å². The van der Waals surface area contributed by atoms with Crippen molar-refractivity contribution in [1.82, 2.24) is 5.32 Å². The van der Waals surface area contributed by atoms with Crippen LogP contribution in [0.5, 0.6) is 0 Å². The Labute approximate surface area is 96.6 Å². The zero-order valence-electron chi connectivity index (χ0n) is 8.58. The van der Waals surface area contributed by atoms with Crippen LogP contribution in [0.15, 0.2) is 38.0 Å². The Morgan fingerprint density at radius 1 is 1.40 bits per heavy atom. The van der Waals surface area contributed by atoms with E-state index < -0.39 is 0 Å². The van der Waals surface area contributed by atoms with Crippen molar-refractivity contribution in [2.45, 2.75) is 13.0 Å². The number of nitrogens with one attached hydrogen (secondary N) is 1. The number of aryl methyl sites for hydroxylation is 1. The van der Waals surface area contributed by atoms with Crippen molar-refractivity contribution in [3.8, 4) is 0 Å². The van der Waals surface area contributed by atoms with Crippen molar-refractivity contribution < 1.29 is 8.83 Å². The van der Waals surface area contributed by atoms with E-state index in [1.165, 1.54) is 0 Å². The lowest BCUT2D eigenvalue weighted by Gasteiger charge is -2.10. The summed E-state index contributed by atoms with van der Waals surface area (Å²) in [4.78, 5) is 0. The Morgan fingerprint density at radius 3 is 2.67 bits per heavy atom. The van der Waals surface area contributed by atoms with Crippen LogP contribution in [0.25, 0.3) is 0 Å². The molecule has 2 aromatic heterocycles. The Balaban J connectivity index is 2.32. The largest absolute Gasteiger partial charge is 0.469 e. The maximum atomic E-state index is 5.51. The average molecular weight is 270 g/mol. The monoisotopic (exact) mass is 269 g/mol. The van der Waals surface area contributed by atoms with Crippen molar-refractivity contribution >= 4 is 15.9 Å². The van der Waals surface area contributed by atoms with Crippen LogP contribution >= 0.6 is 15.9 Å². The summed E-state index contributed by atoms with van der Waals surface area (Å²) in [6, 6.07) is 5.85. The molecule has 80 valence electrons. The molecule has 2 aromatic rings. The molecule has 0 aromatic carbocycles. The minimum atomic E-state index is 0.0359. The molecule has 2 heterocycles. The second-order valence-electron chi connectivity index (χ2n) is 3.35. The SMILES string of the molecule is CNC(c1coc(C)c1)c1ccc(Br)o1. The van der Waals surface area contributed by atoms with E-state index in [9.17, 15) is 0 Å². The van der Waals surface area contributed by atoms with Crippen molar-refractivity contribution in [3.05, 3.63) is 46.2 Å². The summed E-state index contributed by atoms with van der Waals surface area (Å²) in [6.07, 6.45) is 1.74. The first-order valence-corrected chi connectivity index (χ1v) is 5.47. The lowest BCUT2D eigenvalue weighted by Crippen LogP contribution is -2.16. The van der Waals surface area contributed by atoms with Gasteiger partial charge in [-0.05, 0) is 48.1 Å². The lowest BCUT2D eigenvalue weighted by atomic mass is 10.1. The van der Waals surface area contributed by atoms with Crippen molar-refractivity contribution in [3.63, 3.8) is 0 Å². The molecule has 1 atom stereocenters. The van der Waals surface area contributed by atoms with Gasteiger partial charge >= 0.3 is 0 Å². The molecule has 0 amide bonds. The zero-order valence-corrected chi connectivity index (χ0v) is 10.2. The molecule has 2 rings (SSSR count). The fraction of sp³-hybridized carbons (Fsp3) is 0.273. The third-order valence-electron chi connectivity index (χ3n) is 2.25. The van der Waals surface area contributed by atoms with Crippen LogP contribution in [0.3, 0.4) is 0 Å². The van der Waals surface area contributed by atoms with Gasteiger partial charge in [-0.3, -0.25) is 0 Å². The quantitative estimate of drug-likeness (QED) is 0.930. The van der Waals surface area contributed by atoms with E-state index in [2.05, 4.69) is 21.2 Å². The van der Waals surface area contributed by atoms with Gasteiger partial charge in [0.2, 0.25) is 0 Å². The van der Waals surface area contributed by atoms with Gasteiger partial charge in [-0.15, -0.1) is 0 Å². The van der Waals surface area contributed by atoms with Crippen molar-refractivity contribution in [2.75, 3.05) is 7.05 Å². The third kappa shape index (κ3) is 2.16. The summed E-state index contributed by atoms with van der Waals surface area (Å²) >= 11 is 3.29. The van der Waals surface area contributed by atoms with E-state index >= 15 is 0 Å². The van der Waals surface area contributed by atoms with Crippen LogP contribution < -0.4 is 5.32 Å². The van der Waals surface area contributed by atoms with Crippen LogP contribution in [-0.4, -0.2) is 7.05 Å². The van der Waals surface area contributed by atoms with Crippen molar-refractivity contribution in [1.29, 1.82) is 0 Å². The second kappa shape index (κ2) is 4.24. The zero-order chi connectivity index (χ0) is 10.8. The molecule has 0 fully saturated rings. The molecular formula is C11H12BrNO2. The number of halogens is 1. The molecule has 0 bridgehead atoms. The minimum Gasteiger partial charge on any atom is -0.469 e. The molecule has 0 saturated heterocycles. The lowest BCUT2D eigenvalue weighted by molar-refractivity contribution is 0.444.